The fraction of sp³-hybridized carbons (Fsp3) is 0.636. The Morgan fingerprint density at radius 1 is 1.40 bits per heavy atom. The van der Waals surface area contributed by atoms with Crippen LogP contribution in [0, 0.1) is 12.8 Å². The lowest BCUT2D eigenvalue weighted by Gasteiger charge is -2.24. The lowest BCUT2D eigenvalue weighted by Crippen LogP contribution is -2.40. The van der Waals surface area contributed by atoms with Crippen molar-refractivity contribution in [2.24, 2.45) is 5.92 Å². The van der Waals surface area contributed by atoms with Crippen LogP contribution in [0.15, 0.2) is 14.1 Å². The Hall–Kier alpha value is -0.120. The van der Waals surface area contributed by atoms with E-state index in [0.29, 0.717) is 13.7 Å². The summed E-state index contributed by atoms with van der Waals surface area (Å²) in [6, 6.07) is 1.38. The molecule has 0 atom stereocenters. The van der Waals surface area contributed by atoms with Gasteiger partial charge in [-0.15, -0.1) is 11.3 Å². The molecule has 0 saturated heterocycles. The largest absolute Gasteiger partial charge is 0.402 e. The van der Waals surface area contributed by atoms with Gasteiger partial charge in [-0.3, -0.25) is 0 Å². The van der Waals surface area contributed by atoms with Crippen molar-refractivity contribution in [2.75, 3.05) is 13.1 Å². The third-order valence-corrected chi connectivity index (χ3v) is 6.75. The molecular weight excluding hydrogens is 379 g/mol. The molecule has 0 aliphatic heterocycles. The normalized spacial score (nSPS) is 13.4. The van der Waals surface area contributed by atoms with E-state index >= 15 is 0 Å². The third-order valence-electron chi connectivity index (χ3n) is 2.35. The number of thiophene rings is 1. The van der Waals surface area contributed by atoms with Crippen molar-refractivity contribution in [3.63, 3.8) is 0 Å². The number of hydrogen-bond acceptors (Lipinski definition) is 3. The molecule has 0 radical (unpaired) electrons. The number of aryl methyl sites for hydroxylation is 1. The highest BCUT2D eigenvalue weighted by Gasteiger charge is 2.38. The van der Waals surface area contributed by atoms with E-state index in [1.165, 1.54) is 6.07 Å². The minimum absolute atomic E-state index is 0.0771. The van der Waals surface area contributed by atoms with Gasteiger partial charge in [0.15, 0.2) is 0 Å². The summed E-state index contributed by atoms with van der Waals surface area (Å²) in [6.07, 6.45) is -4.56. The predicted octanol–water partition coefficient (Wildman–Crippen LogP) is 4.03. The summed E-state index contributed by atoms with van der Waals surface area (Å²) in [6.45, 7) is 3.40. The Balaban J connectivity index is 3.16. The van der Waals surface area contributed by atoms with Crippen LogP contribution < -0.4 is 0 Å². The molecular formula is C11H15BrF3NO2S2. The zero-order valence-corrected chi connectivity index (χ0v) is 14.4. The molecule has 0 bridgehead atoms. The molecule has 0 amide bonds. The topological polar surface area (TPSA) is 37.4 Å². The molecule has 0 spiro atoms. The molecule has 1 heterocycles. The van der Waals surface area contributed by atoms with E-state index < -0.39 is 22.7 Å². The summed E-state index contributed by atoms with van der Waals surface area (Å²) in [4.78, 5) is 0. The maximum Gasteiger partial charge on any atom is 0.402 e. The Kier molecular flexibility index (Phi) is 5.67. The van der Waals surface area contributed by atoms with E-state index in [-0.39, 0.29) is 16.7 Å². The average Bonchev–Trinajstić information content (AvgIpc) is 2.56. The second-order valence-electron chi connectivity index (χ2n) is 4.83. The minimum atomic E-state index is -4.56. The van der Waals surface area contributed by atoms with Crippen LogP contribution in [0.1, 0.15) is 19.4 Å². The van der Waals surface area contributed by atoms with Crippen molar-refractivity contribution in [1.82, 2.24) is 4.31 Å². The van der Waals surface area contributed by atoms with E-state index in [1.54, 1.807) is 20.8 Å². The lowest BCUT2D eigenvalue weighted by atomic mass is 10.2. The molecule has 9 heteroatoms. The molecule has 1 aromatic heterocycles. The minimum Gasteiger partial charge on any atom is -0.206 e. The number of rotatable bonds is 5. The zero-order chi connectivity index (χ0) is 15.7. The molecule has 20 heavy (non-hydrogen) atoms. The molecule has 0 fully saturated rings. The van der Waals surface area contributed by atoms with Crippen LogP contribution >= 0.6 is 27.3 Å². The number of halogens is 4. The molecule has 116 valence electrons. The van der Waals surface area contributed by atoms with Gasteiger partial charge in [0.2, 0.25) is 0 Å². The number of alkyl halides is 3. The van der Waals surface area contributed by atoms with Gasteiger partial charge < -0.3 is 0 Å². The van der Waals surface area contributed by atoms with Gasteiger partial charge in [-0.2, -0.15) is 17.5 Å². The van der Waals surface area contributed by atoms with Gasteiger partial charge in [0.25, 0.3) is 10.0 Å². The van der Waals surface area contributed by atoms with E-state index in [0.717, 1.165) is 11.3 Å². The van der Waals surface area contributed by atoms with E-state index in [1.807, 2.05) is 0 Å². The summed E-state index contributed by atoms with van der Waals surface area (Å²) in [7, 11) is -4.13. The van der Waals surface area contributed by atoms with Crippen LogP contribution in [0.25, 0.3) is 0 Å². The summed E-state index contributed by atoms with van der Waals surface area (Å²) < 4.78 is 63.4. The zero-order valence-electron chi connectivity index (χ0n) is 11.2. The smallest absolute Gasteiger partial charge is 0.206 e. The number of hydrogen-bond donors (Lipinski definition) is 0. The molecule has 0 aliphatic rings. The maximum atomic E-state index is 12.6. The highest BCUT2D eigenvalue weighted by atomic mass is 79.9. The second-order valence-corrected chi connectivity index (χ2v) is 9.36. The van der Waals surface area contributed by atoms with Crippen molar-refractivity contribution in [1.29, 1.82) is 0 Å². The van der Waals surface area contributed by atoms with Crippen LogP contribution in [0.3, 0.4) is 0 Å². The van der Waals surface area contributed by atoms with Gasteiger partial charge in [-0.25, -0.2) is 8.42 Å². The van der Waals surface area contributed by atoms with Gasteiger partial charge in [-0.05, 0) is 40.4 Å². The average molecular weight is 394 g/mol. The quantitative estimate of drug-likeness (QED) is 0.757. The van der Waals surface area contributed by atoms with Gasteiger partial charge in [0.05, 0.1) is 3.79 Å². The van der Waals surface area contributed by atoms with Crippen LogP contribution in [0.4, 0.5) is 13.2 Å². The Morgan fingerprint density at radius 3 is 2.30 bits per heavy atom. The highest BCUT2D eigenvalue weighted by molar-refractivity contribution is 9.11. The standard InChI is InChI=1S/C11H15BrF3NO2S2/c1-7(2)5-16(6-11(13,14)15)20(17,18)9-4-8(3)10(12)19-9/h4,7H,5-6H2,1-3H3. The van der Waals surface area contributed by atoms with Gasteiger partial charge in [0.1, 0.15) is 10.8 Å². The van der Waals surface area contributed by atoms with Crippen molar-refractivity contribution in [3.05, 3.63) is 15.4 Å². The molecule has 3 nitrogen and oxygen atoms in total. The molecule has 0 N–H and O–H groups in total. The van der Waals surface area contributed by atoms with Gasteiger partial charge in [-0.1, -0.05) is 13.8 Å². The number of sulfonamides is 1. The van der Waals surface area contributed by atoms with Crippen LogP contribution in [0.2, 0.25) is 0 Å². The van der Waals surface area contributed by atoms with Crippen LogP contribution in [0.5, 0.6) is 0 Å². The Morgan fingerprint density at radius 2 is 1.95 bits per heavy atom. The van der Waals surface area contributed by atoms with Gasteiger partial charge >= 0.3 is 6.18 Å². The first kappa shape index (κ1) is 17.9. The molecule has 0 unspecified atom stereocenters. The third kappa shape index (κ3) is 4.71. The van der Waals surface area contributed by atoms with E-state index in [2.05, 4.69) is 15.9 Å². The summed E-state index contributed by atoms with van der Waals surface area (Å²) in [5.74, 6) is -0.198. The maximum absolute atomic E-state index is 12.6. The molecule has 1 rings (SSSR count). The Bertz CT molecular complexity index is 547. The lowest BCUT2D eigenvalue weighted by molar-refractivity contribution is -0.136. The van der Waals surface area contributed by atoms with Crippen molar-refractivity contribution in [2.45, 2.75) is 31.2 Å². The van der Waals surface area contributed by atoms with Crippen LogP contribution in [-0.4, -0.2) is 32.0 Å². The van der Waals surface area contributed by atoms with E-state index in [9.17, 15) is 21.6 Å². The Labute approximate surface area is 129 Å². The first-order chi connectivity index (χ1) is 8.93. The molecule has 1 aromatic rings. The van der Waals surface area contributed by atoms with E-state index in [4.69, 9.17) is 0 Å². The monoisotopic (exact) mass is 393 g/mol. The summed E-state index contributed by atoms with van der Waals surface area (Å²) in [5, 5.41) is 0. The van der Waals surface area contributed by atoms with Crippen molar-refractivity contribution >= 4 is 37.3 Å². The first-order valence-corrected chi connectivity index (χ1v) is 8.81. The first-order valence-electron chi connectivity index (χ1n) is 5.76. The molecule has 0 aromatic carbocycles. The fourth-order valence-corrected chi connectivity index (χ4v) is 5.51. The van der Waals surface area contributed by atoms with Crippen LogP contribution in [-0.2, 0) is 10.0 Å². The highest BCUT2D eigenvalue weighted by Crippen LogP contribution is 2.33. The van der Waals surface area contributed by atoms with Crippen molar-refractivity contribution in [3.8, 4) is 0 Å². The second kappa shape index (κ2) is 6.33. The number of nitrogens with zero attached hydrogens (tertiary/aromatic N) is 1. The summed E-state index contributed by atoms with van der Waals surface area (Å²) >= 11 is 4.11. The fourth-order valence-electron chi connectivity index (χ4n) is 1.54. The molecule has 0 saturated carbocycles. The van der Waals surface area contributed by atoms with Crippen molar-refractivity contribution < 1.29 is 21.6 Å². The summed E-state index contributed by atoms with van der Waals surface area (Å²) in [5.41, 5.74) is 0.685. The van der Waals surface area contributed by atoms with Gasteiger partial charge in [0, 0.05) is 6.54 Å². The predicted molar refractivity (Wildman–Crippen MR) is 76.4 cm³/mol. The molecule has 0 aliphatic carbocycles. The SMILES string of the molecule is Cc1cc(S(=O)(=O)N(CC(C)C)CC(F)(F)F)sc1Br.